The lowest BCUT2D eigenvalue weighted by molar-refractivity contribution is -0.135. The zero-order valence-corrected chi connectivity index (χ0v) is 16.6. The van der Waals surface area contributed by atoms with Crippen molar-refractivity contribution >= 4 is 5.91 Å². The smallest absolute Gasteiger partial charge is 0.237 e. The molecule has 4 heteroatoms. The Balaban J connectivity index is 2.13. The Morgan fingerprint density at radius 2 is 1.14 bits per heavy atom. The highest BCUT2D eigenvalue weighted by molar-refractivity contribution is 5.78. The van der Waals surface area contributed by atoms with E-state index < -0.39 is 5.54 Å². The normalized spacial score (nSPS) is 11.2. The SMILES string of the molecule is NN(C(=O)CCCCCO)C(c1ccccc1)(c1ccccc1)c1ccccc1. The number of carbonyl (C=O) groups is 1. The fourth-order valence-electron chi connectivity index (χ4n) is 3.83. The van der Waals surface area contributed by atoms with Crippen molar-refractivity contribution in [3.8, 4) is 0 Å². The van der Waals surface area contributed by atoms with Crippen LogP contribution < -0.4 is 5.84 Å². The Labute approximate surface area is 172 Å². The second-order valence-electron chi connectivity index (χ2n) is 7.11. The first-order valence-corrected chi connectivity index (χ1v) is 10.1. The summed E-state index contributed by atoms with van der Waals surface area (Å²) in [5, 5.41) is 10.4. The van der Waals surface area contributed by atoms with Crippen molar-refractivity contribution in [3.63, 3.8) is 0 Å². The molecule has 1 amide bonds. The zero-order chi connectivity index (χ0) is 20.5. The number of carbonyl (C=O) groups excluding carboxylic acids is 1. The van der Waals surface area contributed by atoms with Crippen LogP contribution in [-0.4, -0.2) is 22.6 Å². The molecule has 0 bridgehead atoms. The molecule has 0 spiro atoms. The highest BCUT2D eigenvalue weighted by Crippen LogP contribution is 2.41. The van der Waals surface area contributed by atoms with Gasteiger partial charge in [0.2, 0.25) is 5.91 Å². The maximum atomic E-state index is 13.2. The van der Waals surface area contributed by atoms with E-state index in [1.54, 1.807) is 0 Å². The van der Waals surface area contributed by atoms with Gasteiger partial charge >= 0.3 is 0 Å². The predicted molar refractivity (Wildman–Crippen MR) is 116 cm³/mol. The van der Waals surface area contributed by atoms with Crippen molar-refractivity contribution in [3.05, 3.63) is 108 Å². The highest BCUT2D eigenvalue weighted by Gasteiger charge is 2.43. The minimum absolute atomic E-state index is 0.125. The number of unbranched alkanes of at least 4 members (excludes halogenated alkanes) is 2. The van der Waals surface area contributed by atoms with Gasteiger partial charge in [-0.05, 0) is 29.5 Å². The molecule has 0 unspecified atom stereocenters. The van der Waals surface area contributed by atoms with Gasteiger partial charge in [0.05, 0.1) is 0 Å². The van der Waals surface area contributed by atoms with E-state index in [2.05, 4.69) is 0 Å². The summed E-state index contributed by atoms with van der Waals surface area (Å²) in [5.41, 5.74) is 1.87. The highest BCUT2D eigenvalue weighted by atomic mass is 16.2. The van der Waals surface area contributed by atoms with E-state index in [0.717, 1.165) is 23.1 Å². The molecule has 4 nitrogen and oxygen atoms in total. The standard InChI is InChI=1S/C25H28N2O2/c26-27(24(29)19-11-4-12-20-28)25(21-13-5-1-6-14-21,22-15-7-2-8-16-22)23-17-9-3-10-18-23/h1-3,5-10,13-18,28H,4,11-12,19-20,26H2. The van der Waals surface area contributed by atoms with E-state index in [4.69, 9.17) is 10.9 Å². The van der Waals surface area contributed by atoms with E-state index in [1.165, 1.54) is 5.01 Å². The van der Waals surface area contributed by atoms with Gasteiger partial charge in [-0.25, -0.2) is 5.84 Å². The molecule has 150 valence electrons. The number of aliphatic hydroxyl groups is 1. The third-order valence-corrected chi connectivity index (χ3v) is 5.25. The third kappa shape index (κ3) is 4.39. The summed E-state index contributed by atoms with van der Waals surface area (Å²) in [5.74, 6) is 6.52. The van der Waals surface area contributed by atoms with Crippen molar-refractivity contribution in [1.29, 1.82) is 0 Å². The van der Waals surface area contributed by atoms with Crippen LogP contribution in [0, 0.1) is 0 Å². The van der Waals surface area contributed by atoms with Gasteiger partial charge in [0, 0.05) is 13.0 Å². The Kier molecular flexibility index (Phi) is 7.17. The van der Waals surface area contributed by atoms with Crippen LogP contribution in [-0.2, 0) is 10.3 Å². The monoisotopic (exact) mass is 388 g/mol. The number of hydrogen-bond donors (Lipinski definition) is 2. The number of nitrogens with zero attached hydrogens (tertiary/aromatic N) is 1. The number of amides is 1. The fourth-order valence-corrected chi connectivity index (χ4v) is 3.83. The molecule has 0 heterocycles. The molecule has 0 saturated heterocycles. The van der Waals surface area contributed by atoms with Crippen molar-refractivity contribution in [1.82, 2.24) is 5.01 Å². The molecule has 3 aromatic rings. The molecule has 3 rings (SSSR count). The molecule has 0 saturated carbocycles. The number of hydrazine groups is 1. The minimum Gasteiger partial charge on any atom is -0.396 e. The zero-order valence-electron chi connectivity index (χ0n) is 16.6. The summed E-state index contributed by atoms with van der Waals surface area (Å²) < 4.78 is 0. The molecule has 0 aliphatic carbocycles. The van der Waals surface area contributed by atoms with E-state index in [9.17, 15) is 4.79 Å². The molecule has 0 aliphatic rings. The number of rotatable bonds is 9. The molecule has 0 aliphatic heterocycles. The molecule has 0 atom stereocenters. The van der Waals surface area contributed by atoms with Crippen LogP contribution in [0.15, 0.2) is 91.0 Å². The largest absolute Gasteiger partial charge is 0.396 e. The van der Waals surface area contributed by atoms with Gasteiger partial charge in [-0.1, -0.05) is 97.4 Å². The first-order chi connectivity index (χ1) is 14.2. The van der Waals surface area contributed by atoms with Crippen LogP contribution in [0.25, 0.3) is 0 Å². The summed E-state index contributed by atoms with van der Waals surface area (Å²) >= 11 is 0. The van der Waals surface area contributed by atoms with E-state index in [0.29, 0.717) is 19.3 Å². The Morgan fingerprint density at radius 1 is 0.724 bits per heavy atom. The van der Waals surface area contributed by atoms with Gasteiger partial charge in [-0.15, -0.1) is 0 Å². The van der Waals surface area contributed by atoms with Crippen molar-refractivity contribution in [2.45, 2.75) is 31.2 Å². The second-order valence-corrected chi connectivity index (χ2v) is 7.11. The molecule has 0 fully saturated rings. The Hall–Kier alpha value is -2.95. The number of hydrogen-bond acceptors (Lipinski definition) is 3. The van der Waals surface area contributed by atoms with Crippen molar-refractivity contribution < 1.29 is 9.90 Å². The molecule has 29 heavy (non-hydrogen) atoms. The summed E-state index contributed by atoms with van der Waals surface area (Å²) in [6.07, 6.45) is 2.52. The van der Waals surface area contributed by atoms with Crippen LogP contribution >= 0.6 is 0 Å². The maximum Gasteiger partial charge on any atom is 0.237 e. The average molecular weight is 389 g/mol. The summed E-state index contributed by atoms with van der Waals surface area (Å²) in [6.45, 7) is 0.141. The molecule has 0 aromatic heterocycles. The average Bonchev–Trinajstić information content (AvgIpc) is 2.79. The first-order valence-electron chi connectivity index (χ1n) is 10.1. The molecular weight excluding hydrogens is 360 g/mol. The molecule has 3 N–H and O–H groups in total. The number of nitrogens with two attached hydrogens (primary N) is 1. The number of aliphatic hydroxyl groups excluding tert-OH is 1. The third-order valence-electron chi connectivity index (χ3n) is 5.25. The van der Waals surface area contributed by atoms with Crippen LogP contribution in [0.4, 0.5) is 0 Å². The Morgan fingerprint density at radius 3 is 1.52 bits per heavy atom. The quantitative estimate of drug-likeness (QED) is 0.189. The summed E-state index contributed by atoms with van der Waals surface area (Å²) in [4.78, 5) is 13.2. The fraction of sp³-hybridized carbons (Fsp3) is 0.240. The predicted octanol–water partition coefficient (Wildman–Crippen LogP) is 4.23. The van der Waals surface area contributed by atoms with Gasteiger partial charge in [-0.2, -0.15) is 0 Å². The van der Waals surface area contributed by atoms with Crippen LogP contribution in [0.1, 0.15) is 42.4 Å². The second kappa shape index (κ2) is 10.0. The lowest BCUT2D eigenvalue weighted by Crippen LogP contribution is -2.55. The summed E-state index contributed by atoms with van der Waals surface area (Å²) in [6, 6.07) is 29.8. The van der Waals surface area contributed by atoms with Gasteiger partial charge < -0.3 is 5.11 Å². The van der Waals surface area contributed by atoms with Crippen LogP contribution in [0.5, 0.6) is 0 Å². The van der Waals surface area contributed by atoms with Crippen LogP contribution in [0.3, 0.4) is 0 Å². The molecule has 3 aromatic carbocycles. The topological polar surface area (TPSA) is 66.6 Å². The number of benzene rings is 3. The summed E-state index contributed by atoms with van der Waals surface area (Å²) in [7, 11) is 0. The molecule has 0 radical (unpaired) electrons. The van der Waals surface area contributed by atoms with Gasteiger partial charge in [0.1, 0.15) is 5.54 Å². The van der Waals surface area contributed by atoms with Gasteiger partial charge in [0.15, 0.2) is 0 Å². The lowest BCUT2D eigenvalue weighted by atomic mass is 9.76. The van der Waals surface area contributed by atoms with Crippen LogP contribution in [0.2, 0.25) is 0 Å². The molecular formula is C25H28N2O2. The van der Waals surface area contributed by atoms with Crippen molar-refractivity contribution in [2.24, 2.45) is 5.84 Å². The maximum absolute atomic E-state index is 13.2. The van der Waals surface area contributed by atoms with Crippen molar-refractivity contribution in [2.75, 3.05) is 6.61 Å². The van der Waals surface area contributed by atoms with Gasteiger partial charge in [-0.3, -0.25) is 9.80 Å². The lowest BCUT2D eigenvalue weighted by Gasteiger charge is -2.43. The van der Waals surface area contributed by atoms with E-state index in [-0.39, 0.29) is 12.5 Å². The first kappa shape index (κ1) is 20.8. The van der Waals surface area contributed by atoms with Gasteiger partial charge in [0.25, 0.3) is 0 Å². The Bertz CT molecular complexity index is 786. The van der Waals surface area contributed by atoms with E-state index >= 15 is 0 Å². The minimum atomic E-state index is -0.933. The van der Waals surface area contributed by atoms with E-state index in [1.807, 2.05) is 91.0 Å².